The Kier molecular flexibility index (Phi) is 4.49. The molecule has 4 bridgehead atoms. The van der Waals surface area contributed by atoms with Gasteiger partial charge in [0, 0.05) is 31.0 Å². The summed E-state index contributed by atoms with van der Waals surface area (Å²) in [5.74, 6) is 4.03. The maximum absolute atomic E-state index is 13.7. The molecule has 5 heteroatoms. The summed E-state index contributed by atoms with van der Waals surface area (Å²) < 4.78 is 0. The molecule has 6 fully saturated rings. The van der Waals surface area contributed by atoms with Gasteiger partial charge in [0.05, 0.1) is 10.3 Å². The van der Waals surface area contributed by atoms with Crippen LogP contribution in [-0.4, -0.2) is 51.9 Å². The number of hydrogen-bond donors (Lipinski definition) is 0. The van der Waals surface area contributed by atoms with Gasteiger partial charge in [-0.2, -0.15) is 0 Å². The van der Waals surface area contributed by atoms with Crippen LogP contribution in [0.3, 0.4) is 0 Å². The van der Waals surface area contributed by atoms with E-state index in [1.54, 1.807) is 0 Å². The van der Waals surface area contributed by atoms with E-state index >= 15 is 0 Å². The lowest BCUT2D eigenvalue weighted by molar-refractivity contribution is -0.159. The summed E-state index contributed by atoms with van der Waals surface area (Å²) in [6.07, 6.45) is 9.39. The van der Waals surface area contributed by atoms with Crippen molar-refractivity contribution in [1.29, 1.82) is 0 Å². The molecule has 1 spiro atoms. The Labute approximate surface area is 183 Å². The second-order valence-corrected chi connectivity index (χ2v) is 12.1. The second kappa shape index (κ2) is 7.01. The summed E-state index contributed by atoms with van der Waals surface area (Å²) in [5.41, 5.74) is 0.744. The van der Waals surface area contributed by atoms with E-state index in [-0.39, 0.29) is 16.2 Å². The summed E-state index contributed by atoms with van der Waals surface area (Å²) in [6.45, 7) is 2.44. The predicted molar refractivity (Wildman–Crippen MR) is 119 cm³/mol. The molecule has 2 saturated heterocycles. The number of hydrogen-bond acceptors (Lipinski definition) is 3. The SMILES string of the molecule is O=C(c1ccccc1)N1CCSC12CCN(C(=O)C13CC4CC(CC(C4)C1)C3)CC2. The van der Waals surface area contributed by atoms with E-state index in [0.29, 0.717) is 5.91 Å². The van der Waals surface area contributed by atoms with Crippen molar-refractivity contribution in [2.75, 3.05) is 25.4 Å². The molecule has 2 aliphatic heterocycles. The third kappa shape index (κ3) is 2.95. The Morgan fingerprint density at radius 2 is 1.47 bits per heavy atom. The minimum atomic E-state index is -0.120. The van der Waals surface area contributed by atoms with Crippen LogP contribution in [0.4, 0.5) is 0 Å². The Hall–Kier alpha value is -1.49. The van der Waals surface area contributed by atoms with Crippen LogP contribution in [0.5, 0.6) is 0 Å². The van der Waals surface area contributed by atoms with Gasteiger partial charge in [-0.25, -0.2) is 0 Å². The molecule has 4 nitrogen and oxygen atoms in total. The zero-order valence-corrected chi connectivity index (χ0v) is 18.5. The van der Waals surface area contributed by atoms with Gasteiger partial charge in [0.2, 0.25) is 5.91 Å². The molecule has 0 unspecified atom stereocenters. The first kappa shape index (κ1) is 19.2. The molecular weight excluding hydrogens is 392 g/mol. The average Bonchev–Trinajstić information content (AvgIpc) is 3.16. The summed E-state index contributed by atoms with van der Waals surface area (Å²) in [7, 11) is 0. The molecule has 0 aromatic heterocycles. The van der Waals surface area contributed by atoms with Gasteiger partial charge in [-0.3, -0.25) is 9.59 Å². The lowest BCUT2D eigenvalue weighted by Crippen LogP contribution is -2.58. The maximum Gasteiger partial charge on any atom is 0.254 e. The van der Waals surface area contributed by atoms with Crippen molar-refractivity contribution in [2.45, 2.75) is 56.2 Å². The third-order valence-electron chi connectivity index (χ3n) is 8.77. The van der Waals surface area contributed by atoms with Gasteiger partial charge in [0.1, 0.15) is 0 Å². The molecule has 6 aliphatic rings. The van der Waals surface area contributed by atoms with Crippen LogP contribution >= 0.6 is 11.8 Å². The van der Waals surface area contributed by atoms with E-state index in [1.165, 1.54) is 19.3 Å². The normalized spacial score (nSPS) is 36.5. The van der Waals surface area contributed by atoms with Crippen molar-refractivity contribution in [3.63, 3.8) is 0 Å². The van der Waals surface area contributed by atoms with Crippen LogP contribution in [0.15, 0.2) is 30.3 Å². The molecule has 7 rings (SSSR count). The van der Waals surface area contributed by atoms with E-state index in [2.05, 4.69) is 9.80 Å². The molecule has 2 heterocycles. The summed E-state index contributed by atoms with van der Waals surface area (Å²) in [4.78, 5) is 31.1. The highest BCUT2D eigenvalue weighted by Crippen LogP contribution is 2.61. The van der Waals surface area contributed by atoms with Crippen molar-refractivity contribution >= 4 is 23.6 Å². The minimum absolute atomic E-state index is 0.0401. The summed E-state index contributed by atoms with van der Waals surface area (Å²) >= 11 is 1.94. The average molecular weight is 425 g/mol. The number of likely N-dealkylation sites (tertiary alicyclic amines) is 1. The molecule has 30 heavy (non-hydrogen) atoms. The first-order chi connectivity index (χ1) is 14.6. The topological polar surface area (TPSA) is 40.6 Å². The zero-order chi connectivity index (χ0) is 20.3. The van der Waals surface area contributed by atoms with Crippen LogP contribution in [0.2, 0.25) is 0 Å². The first-order valence-electron chi connectivity index (χ1n) is 11.9. The van der Waals surface area contributed by atoms with Crippen LogP contribution in [0.25, 0.3) is 0 Å². The molecule has 0 N–H and O–H groups in total. The van der Waals surface area contributed by atoms with Crippen LogP contribution in [-0.2, 0) is 4.79 Å². The van der Waals surface area contributed by atoms with E-state index < -0.39 is 0 Å². The summed E-state index contributed by atoms with van der Waals surface area (Å²) in [6, 6.07) is 9.68. The second-order valence-electron chi connectivity index (χ2n) is 10.6. The fraction of sp³-hybridized carbons (Fsp3) is 0.680. The number of carbonyl (C=O) groups excluding carboxylic acids is 2. The van der Waals surface area contributed by atoms with Crippen molar-refractivity contribution < 1.29 is 9.59 Å². The van der Waals surface area contributed by atoms with Crippen LogP contribution in [0.1, 0.15) is 61.7 Å². The van der Waals surface area contributed by atoms with Crippen LogP contribution in [0, 0.1) is 23.2 Å². The van der Waals surface area contributed by atoms with E-state index in [1.807, 2.05) is 42.1 Å². The molecule has 4 saturated carbocycles. The van der Waals surface area contributed by atoms with Crippen molar-refractivity contribution in [3.05, 3.63) is 35.9 Å². The molecular formula is C25H32N2O2S. The highest BCUT2D eigenvalue weighted by Gasteiger charge is 2.56. The number of benzene rings is 1. The fourth-order valence-electron chi connectivity index (χ4n) is 7.81. The highest BCUT2D eigenvalue weighted by molar-refractivity contribution is 8.00. The van der Waals surface area contributed by atoms with Crippen molar-refractivity contribution in [2.24, 2.45) is 23.2 Å². The smallest absolute Gasteiger partial charge is 0.254 e. The number of nitrogens with zero attached hydrogens (tertiary/aromatic N) is 2. The molecule has 1 aromatic rings. The van der Waals surface area contributed by atoms with E-state index in [4.69, 9.17) is 0 Å². The molecule has 0 atom stereocenters. The highest BCUT2D eigenvalue weighted by atomic mass is 32.2. The number of rotatable bonds is 2. The Morgan fingerprint density at radius 1 is 0.867 bits per heavy atom. The van der Waals surface area contributed by atoms with E-state index in [9.17, 15) is 9.59 Å². The maximum atomic E-state index is 13.7. The Balaban J connectivity index is 1.16. The molecule has 4 aliphatic carbocycles. The van der Waals surface area contributed by atoms with Gasteiger partial charge >= 0.3 is 0 Å². The van der Waals surface area contributed by atoms with Gasteiger partial charge in [0.25, 0.3) is 5.91 Å². The quantitative estimate of drug-likeness (QED) is 0.706. The molecule has 160 valence electrons. The largest absolute Gasteiger partial charge is 0.342 e. The lowest BCUT2D eigenvalue weighted by atomic mass is 9.49. The zero-order valence-electron chi connectivity index (χ0n) is 17.7. The van der Waals surface area contributed by atoms with E-state index in [0.717, 1.165) is 80.8 Å². The Morgan fingerprint density at radius 3 is 2.07 bits per heavy atom. The standard InChI is InChI=1S/C25H32N2O2S/c28-22(21-4-2-1-3-5-21)27-10-11-30-25(27)6-8-26(9-7-25)23(29)24-15-18-12-19(16-24)14-20(13-18)17-24/h1-5,18-20H,6-17H2. The van der Waals surface area contributed by atoms with Gasteiger partial charge in [-0.05, 0) is 81.3 Å². The molecule has 0 radical (unpaired) electrons. The minimum Gasteiger partial charge on any atom is -0.342 e. The fourth-order valence-corrected chi connectivity index (χ4v) is 9.27. The first-order valence-corrected chi connectivity index (χ1v) is 12.9. The lowest BCUT2D eigenvalue weighted by Gasteiger charge is -2.57. The number of carbonyl (C=O) groups is 2. The van der Waals surface area contributed by atoms with Gasteiger partial charge < -0.3 is 9.80 Å². The Bertz CT molecular complexity index is 811. The van der Waals surface area contributed by atoms with Crippen molar-refractivity contribution in [1.82, 2.24) is 9.80 Å². The van der Waals surface area contributed by atoms with Gasteiger partial charge in [-0.15, -0.1) is 11.8 Å². The molecule has 2 amide bonds. The van der Waals surface area contributed by atoms with Crippen molar-refractivity contribution in [3.8, 4) is 0 Å². The number of piperidine rings is 1. The predicted octanol–water partition coefficient (Wildman–Crippen LogP) is 4.41. The van der Waals surface area contributed by atoms with Gasteiger partial charge in [0.15, 0.2) is 0 Å². The monoisotopic (exact) mass is 424 g/mol. The van der Waals surface area contributed by atoms with Crippen LogP contribution < -0.4 is 0 Å². The summed E-state index contributed by atoms with van der Waals surface area (Å²) in [5, 5.41) is 0. The van der Waals surface area contributed by atoms with Gasteiger partial charge in [-0.1, -0.05) is 18.2 Å². The third-order valence-corrected chi connectivity index (χ3v) is 10.3. The number of thioether (sulfide) groups is 1. The number of amides is 2. The molecule has 1 aromatic carbocycles.